The molecule has 5 aliphatic carbocycles. The van der Waals surface area contributed by atoms with Crippen molar-refractivity contribution in [2.24, 2.45) is 44.8 Å². The van der Waals surface area contributed by atoms with E-state index in [-0.39, 0.29) is 24.3 Å². The molecule has 80 heavy (non-hydrogen) atoms. The van der Waals surface area contributed by atoms with E-state index in [0.717, 1.165) is 5.57 Å². The van der Waals surface area contributed by atoms with Gasteiger partial charge in [-0.2, -0.15) is 0 Å². The van der Waals surface area contributed by atoms with E-state index < -0.39 is 199 Å². The number of allylic oxidation sites excluding steroid dienone is 3. The molecule has 24 nitrogen and oxygen atoms in total. The lowest BCUT2D eigenvalue weighted by molar-refractivity contribution is -0.388. The van der Waals surface area contributed by atoms with Crippen molar-refractivity contribution in [3.05, 3.63) is 34.9 Å². The van der Waals surface area contributed by atoms with Crippen LogP contribution in [0.4, 0.5) is 0 Å². The zero-order valence-corrected chi connectivity index (χ0v) is 47.1. The zero-order valence-electron chi connectivity index (χ0n) is 47.1. The van der Waals surface area contributed by atoms with Crippen molar-refractivity contribution in [2.75, 3.05) is 19.8 Å². The van der Waals surface area contributed by atoms with Crippen molar-refractivity contribution < 1.29 is 119 Å². The van der Waals surface area contributed by atoms with E-state index in [1.165, 1.54) is 0 Å². The fourth-order valence-electron chi connectivity index (χ4n) is 15.9. The van der Waals surface area contributed by atoms with Crippen molar-refractivity contribution in [3.63, 3.8) is 0 Å². The van der Waals surface area contributed by atoms with Crippen LogP contribution in [0.1, 0.15) is 108 Å². The average Bonchev–Trinajstić information content (AvgIpc) is 3.81. The van der Waals surface area contributed by atoms with Gasteiger partial charge in [-0.3, -0.25) is 0 Å². The zero-order chi connectivity index (χ0) is 59.3. The molecule has 0 amide bonds. The average molecular weight is 1140 g/mol. The van der Waals surface area contributed by atoms with Crippen LogP contribution in [0.25, 0.3) is 0 Å². The van der Waals surface area contributed by atoms with Gasteiger partial charge in [0.15, 0.2) is 31.1 Å². The number of fused-ring (bicyclic) bond motifs is 7. The van der Waals surface area contributed by atoms with Crippen LogP contribution in [0.5, 0.6) is 0 Å². The minimum absolute atomic E-state index is 0.0637. The standard InChI is InChI=1S/C56H86O24/c1-11-23(3)46(70)79-43-44(80-47(71)24(4)12-2)56(22-59)26(19-51(43,5)6)25-13-14-29-52(7)17-16-31(55(10,72)30(52)15-18-53(29,8)54(25,9)41(66)42(56)67)75-50-40(78-49-36(64)34(62)32(60)27(20-57)73-49)38(37(65)39(77-50)45(68)69)76-48-35(63)33(61)28(21-58)74-48/h11-13,26-44,48-50,57-67,72H,14-22H2,1-10H3,(H,68,69)/t26-,27+,28-,29+,30+,31-,32+,33-,34-,35+,36+,37-,38-,39-,40+,41-,42+,43-,44-,48-,49-,50+,52+,53+,54-,55+,56-/m0/s1. The number of carbonyl (C=O) groups excluding carboxylic acids is 2. The van der Waals surface area contributed by atoms with Crippen LogP contribution in [-0.4, -0.2) is 226 Å². The first kappa shape index (κ1) is 62.9. The monoisotopic (exact) mass is 1140 g/mol. The van der Waals surface area contributed by atoms with E-state index in [1.807, 2.05) is 26.8 Å². The Bertz CT molecular complexity index is 2390. The van der Waals surface area contributed by atoms with Gasteiger partial charge in [-0.05, 0) is 102 Å². The van der Waals surface area contributed by atoms with Crippen LogP contribution >= 0.6 is 0 Å². The number of aliphatic carboxylic acids is 1. The summed E-state index contributed by atoms with van der Waals surface area (Å²) in [6, 6.07) is 0. The summed E-state index contributed by atoms with van der Waals surface area (Å²) in [4.78, 5) is 40.2. The van der Waals surface area contributed by atoms with E-state index in [9.17, 15) is 80.8 Å². The van der Waals surface area contributed by atoms with E-state index in [4.69, 9.17) is 37.9 Å². The Labute approximate surface area is 464 Å². The molecule has 0 unspecified atom stereocenters. The largest absolute Gasteiger partial charge is 0.479 e. The van der Waals surface area contributed by atoms with Crippen molar-refractivity contribution in [3.8, 4) is 0 Å². The number of aliphatic hydroxyl groups excluding tert-OH is 11. The summed E-state index contributed by atoms with van der Waals surface area (Å²) < 4.78 is 48.4. The first-order chi connectivity index (χ1) is 37.3. The van der Waals surface area contributed by atoms with Crippen molar-refractivity contribution in [2.45, 2.75) is 230 Å². The smallest absolute Gasteiger partial charge is 0.335 e. The maximum absolute atomic E-state index is 13.8. The van der Waals surface area contributed by atoms with Gasteiger partial charge in [0.2, 0.25) is 0 Å². The van der Waals surface area contributed by atoms with Crippen LogP contribution in [0, 0.1) is 44.8 Å². The van der Waals surface area contributed by atoms with Gasteiger partial charge in [0.05, 0.1) is 49.1 Å². The summed E-state index contributed by atoms with van der Waals surface area (Å²) in [7, 11) is 0. The molecule has 7 fully saturated rings. The van der Waals surface area contributed by atoms with Crippen LogP contribution in [0.3, 0.4) is 0 Å². The van der Waals surface area contributed by atoms with Crippen LogP contribution in [0.15, 0.2) is 34.9 Å². The highest BCUT2D eigenvalue weighted by Gasteiger charge is 2.77. The van der Waals surface area contributed by atoms with Gasteiger partial charge >= 0.3 is 17.9 Å². The van der Waals surface area contributed by atoms with Gasteiger partial charge in [0.25, 0.3) is 0 Å². The Morgan fingerprint density at radius 2 is 1.19 bits per heavy atom. The fraction of sp³-hybridized carbons (Fsp3) is 0.839. The van der Waals surface area contributed by atoms with Crippen molar-refractivity contribution in [1.29, 1.82) is 0 Å². The molecule has 13 N–H and O–H groups in total. The van der Waals surface area contributed by atoms with Gasteiger partial charge in [-0.15, -0.1) is 0 Å². The molecule has 3 aliphatic heterocycles. The molecule has 0 bridgehead atoms. The Kier molecular flexibility index (Phi) is 17.9. The van der Waals surface area contributed by atoms with Gasteiger partial charge in [-0.25, -0.2) is 14.4 Å². The highest BCUT2D eigenvalue weighted by atomic mass is 16.8. The Morgan fingerprint density at radius 3 is 1.73 bits per heavy atom. The second kappa shape index (κ2) is 22.7. The van der Waals surface area contributed by atoms with Gasteiger partial charge in [0, 0.05) is 22.0 Å². The number of ether oxygens (including phenoxy) is 8. The molecule has 0 aromatic carbocycles. The topological polar surface area (TPSA) is 388 Å². The number of rotatable bonds is 14. The molecule has 8 rings (SSSR count). The second-order valence-corrected chi connectivity index (χ2v) is 25.4. The third kappa shape index (κ3) is 9.75. The molecule has 0 aromatic rings. The highest BCUT2D eigenvalue weighted by molar-refractivity contribution is 5.89. The van der Waals surface area contributed by atoms with Crippen molar-refractivity contribution >= 4 is 17.9 Å². The molecule has 0 spiro atoms. The molecule has 0 aromatic heterocycles. The number of carboxylic acid groups (broad SMARTS) is 1. The maximum Gasteiger partial charge on any atom is 0.335 e. The Balaban J connectivity index is 1.14. The molecule has 24 heteroatoms. The van der Waals surface area contributed by atoms with E-state index in [1.54, 1.807) is 46.8 Å². The third-order valence-electron chi connectivity index (χ3n) is 21.0. The van der Waals surface area contributed by atoms with Crippen molar-refractivity contribution in [1.82, 2.24) is 0 Å². The maximum atomic E-state index is 13.8. The molecule has 0 radical (unpaired) electrons. The minimum atomic E-state index is -2.19. The van der Waals surface area contributed by atoms with Gasteiger partial charge in [-0.1, -0.05) is 58.4 Å². The van der Waals surface area contributed by atoms with E-state index in [2.05, 4.69) is 13.8 Å². The molecule has 454 valence electrons. The van der Waals surface area contributed by atoms with Gasteiger partial charge in [0.1, 0.15) is 67.1 Å². The number of aliphatic hydroxyl groups is 12. The number of hydrogen-bond donors (Lipinski definition) is 13. The quantitative estimate of drug-likeness (QED) is 0.0429. The van der Waals surface area contributed by atoms with E-state index in [0.29, 0.717) is 31.3 Å². The SMILES string of the molecule is CC=C(C)C(=O)O[C@H]1[C@H](OC(=O)C(C)=CC)[C@]2(CO)[C@H](O)[C@H](O)[C@]3(C)C(=CC[C@@H]4[C@@]5(C)CC[C@H](O[C@@H]6O[C@H](C(=O)O)[C@@H](O)[C@H](O[C@@H]7O[C@@H](CO)[C@H](O)[C@H]7O)[C@H]6O[C@@H]6O[C@H](CO)[C@@H](O)[C@H](O)[C@H]6O)[C@](C)(O)[C@@H]5CC[C@]43C)[C@@H]2CC1(C)C. The summed E-state index contributed by atoms with van der Waals surface area (Å²) in [6.07, 6.45) is -26.5. The highest BCUT2D eigenvalue weighted by Crippen LogP contribution is 2.75. The number of esters is 2. The summed E-state index contributed by atoms with van der Waals surface area (Å²) in [5.41, 5.74) is -6.02. The Morgan fingerprint density at radius 1 is 0.650 bits per heavy atom. The van der Waals surface area contributed by atoms with Crippen LogP contribution in [0.2, 0.25) is 0 Å². The lowest BCUT2D eigenvalue weighted by Crippen LogP contribution is -2.77. The predicted octanol–water partition coefficient (Wildman–Crippen LogP) is -1.01. The third-order valence-corrected chi connectivity index (χ3v) is 21.0. The Hall–Kier alpha value is -3.09. The lowest BCUT2D eigenvalue weighted by Gasteiger charge is -2.73. The van der Waals surface area contributed by atoms with Crippen LogP contribution < -0.4 is 0 Å². The lowest BCUT2D eigenvalue weighted by atomic mass is 9.33. The number of carbonyl (C=O) groups is 3. The summed E-state index contributed by atoms with van der Waals surface area (Å²) >= 11 is 0. The fourth-order valence-corrected chi connectivity index (χ4v) is 15.9. The summed E-state index contributed by atoms with van der Waals surface area (Å²) in [5.74, 6) is -4.78. The molecule has 8 aliphatic rings. The molecule has 3 saturated heterocycles. The molecule has 3 heterocycles. The molecule has 4 saturated carbocycles. The minimum Gasteiger partial charge on any atom is -0.479 e. The van der Waals surface area contributed by atoms with Crippen LogP contribution in [-0.2, 0) is 52.3 Å². The van der Waals surface area contributed by atoms with Gasteiger partial charge < -0.3 is 104 Å². The first-order valence-corrected chi connectivity index (χ1v) is 27.9. The number of hydrogen-bond acceptors (Lipinski definition) is 23. The van der Waals surface area contributed by atoms with E-state index >= 15 is 0 Å². The predicted molar refractivity (Wildman–Crippen MR) is 274 cm³/mol. The second-order valence-electron chi connectivity index (χ2n) is 25.4. The normalized spacial score (nSPS) is 50.2. The molecular weight excluding hydrogens is 1060 g/mol. The summed E-state index contributed by atoms with van der Waals surface area (Å²) in [5, 5.41) is 147. The number of carboxylic acids is 1. The molecular formula is C56H86O24. The summed E-state index contributed by atoms with van der Waals surface area (Å²) in [6.45, 7) is 15.4. The molecule has 27 atom stereocenters. The first-order valence-electron chi connectivity index (χ1n) is 27.9.